The molecule has 2 N–H and O–H groups in total. The Hall–Kier alpha value is -0.940. The van der Waals surface area contributed by atoms with E-state index in [1.165, 1.54) is 0 Å². The molecule has 1 saturated heterocycles. The van der Waals surface area contributed by atoms with Crippen LogP contribution in [0.2, 0.25) is 0 Å². The molecule has 1 aromatic heterocycles. The van der Waals surface area contributed by atoms with Crippen molar-refractivity contribution in [1.29, 1.82) is 0 Å². The number of likely N-dealkylation sites (tertiary alicyclic amines) is 1. The van der Waals surface area contributed by atoms with Gasteiger partial charge in [-0.3, -0.25) is 4.79 Å². The van der Waals surface area contributed by atoms with Gasteiger partial charge in [0.15, 0.2) is 0 Å². The minimum atomic E-state index is 0.0383. The maximum absolute atomic E-state index is 12.3. The molecule has 18 heavy (non-hydrogen) atoms. The minimum Gasteiger partial charge on any atom is -0.336 e. The van der Waals surface area contributed by atoms with Crippen molar-refractivity contribution in [2.45, 2.75) is 39.2 Å². The first-order chi connectivity index (χ1) is 8.56. The summed E-state index contributed by atoms with van der Waals surface area (Å²) in [5.74, 6) is 0.610. The van der Waals surface area contributed by atoms with Crippen molar-refractivity contribution in [2.24, 2.45) is 11.7 Å². The van der Waals surface area contributed by atoms with Gasteiger partial charge in [0.2, 0.25) is 0 Å². The van der Waals surface area contributed by atoms with Crippen LogP contribution < -0.4 is 5.73 Å². The molecule has 2 heterocycles. The van der Waals surface area contributed by atoms with E-state index in [1.807, 2.05) is 10.3 Å². The predicted molar refractivity (Wildman–Crippen MR) is 73.8 cm³/mol. The highest BCUT2D eigenvalue weighted by Gasteiger charge is 2.23. The third-order valence-electron chi connectivity index (χ3n) is 3.10. The van der Waals surface area contributed by atoms with Gasteiger partial charge in [-0.2, -0.15) is 0 Å². The van der Waals surface area contributed by atoms with Crippen molar-refractivity contribution in [1.82, 2.24) is 9.88 Å². The van der Waals surface area contributed by atoms with Crippen molar-refractivity contribution >= 4 is 17.2 Å². The summed E-state index contributed by atoms with van der Waals surface area (Å²) >= 11 is 1.58. The molecule has 4 nitrogen and oxygen atoms in total. The summed E-state index contributed by atoms with van der Waals surface area (Å²) in [4.78, 5) is 18.5. The molecular weight excluding hydrogens is 246 g/mol. The summed E-state index contributed by atoms with van der Waals surface area (Å²) in [5.41, 5.74) is 6.49. The molecule has 1 atom stereocenters. The second-order valence-electron chi connectivity index (χ2n) is 5.38. The Balaban J connectivity index is 2.02. The van der Waals surface area contributed by atoms with E-state index in [0.29, 0.717) is 18.2 Å². The molecule has 1 aliphatic rings. The maximum Gasteiger partial charge on any atom is 0.273 e. The van der Waals surface area contributed by atoms with Crippen LogP contribution in [0.5, 0.6) is 0 Å². The van der Waals surface area contributed by atoms with Gasteiger partial charge in [-0.15, -0.1) is 11.3 Å². The Morgan fingerprint density at radius 2 is 2.44 bits per heavy atom. The molecule has 1 unspecified atom stereocenters. The zero-order valence-electron chi connectivity index (χ0n) is 11.1. The lowest BCUT2D eigenvalue weighted by atomic mass is 10.1. The molecule has 0 spiro atoms. The molecule has 1 amide bonds. The van der Waals surface area contributed by atoms with Crippen LogP contribution in [-0.2, 0) is 6.42 Å². The third-order valence-corrected chi connectivity index (χ3v) is 3.97. The fourth-order valence-corrected chi connectivity index (χ4v) is 3.19. The van der Waals surface area contributed by atoms with Crippen molar-refractivity contribution in [3.63, 3.8) is 0 Å². The highest BCUT2D eigenvalue weighted by Crippen LogP contribution is 2.17. The van der Waals surface area contributed by atoms with Gasteiger partial charge in [-0.1, -0.05) is 13.8 Å². The van der Waals surface area contributed by atoms with Gasteiger partial charge in [0.05, 0.1) is 5.01 Å². The van der Waals surface area contributed by atoms with E-state index in [9.17, 15) is 4.79 Å². The first-order valence-corrected chi connectivity index (χ1v) is 7.43. The largest absolute Gasteiger partial charge is 0.336 e. The Bertz CT molecular complexity index is 416. The molecule has 0 aromatic carbocycles. The second-order valence-corrected chi connectivity index (χ2v) is 6.32. The lowest BCUT2D eigenvalue weighted by Crippen LogP contribution is -2.45. The lowest BCUT2D eigenvalue weighted by Gasteiger charge is -2.30. The van der Waals surface area contributed by atoms with Crippen LogP contribution in [0.3, 0.4) is 0 Å². The van der Waals surface area contributed by atoms with Crippen molar-refractivity contribution < 1.29 is 4.79 Å². The third kappa shape index (κ3) is 3.29. The smallest absolute Gasteiger partial charge is 0.273 e. The number of carbonyl (C=O) groups is 1. The van der Waals surface area contributed by atoms with Crippen LogP contribution in [0.15, 0.2) is 5.38 Å². The summed E-state index contributed by atoms with van der Waals surface area (Å²) < 4.78 is 0. The fraction of sp³-hybridized carbons (Fsp3) is 0.692. The summed E-state index contributed by atoms with van der Waals surface area (Å²) in [6.07, 6.45) is 2.95. The van der Waals surface area contributed by atoms with E-state index in [1.54, 1.807) is 11.3 Å². The van der Waals surface area contributed by atoms with Crippen molar-refractivity contribution in [2.75, 3.05) is 13.1 Å². The number of hydrogen-bond donors (Lipinski definition) is 1. The zero-order chi connectivity index (χ0) is 13.1. The zero-order valence-corrected chi connectivity index (χ0v) is 11.9. The number of aromatic nitrogens is 1. The summed E-state index contributed by atoms with van der Waals surface area (Å²) in [7, 11) is 0. The topological polar surface area (TPSA) is 59.2 Å². The summed E-state index contributed by atoms with van der Waals surface area (Å²) in [6.45, 7) is 5.79. The molecule has 2 rings (SSSR count). The monoisotopic (exact) mass is 267 g/mol. The molecule has 100 valence electrons. The molecule has 0 saturated carbocycles. The average Bonchev–Trinajstić information content (AvgIpc) is 2.75. The maximum atomic E-state index is 12.3. The Morgan fingerprint density at radius 3 is 3.11 bits per heavy atom. The number of nitrogens with zero attached hydrogens (tertiary/aromatic N) is 2. The molecule has 1 aliphatic heterocycles. The number of nitrogens with two attached hydrogens (primary N) is 1. The predicted octanol–water partition coefficient (Wildman–Crippen LogP) is 1.90. The first-order valence-electron chi connectivity index (χ1n) is 6.55. The highest BCUT2D eigenvalue weighted by atomic mass is 32.1. The van der Waals surface area contributed by atoms with Gasteiger partial charge in [0.25, 0.3) is 5.91 Å². The SMILES string of the molecule is CC(C)Cc1nc(C(=O)N2CCCC(N)C2)cs1. The number of carbonyl (C=O) groups excluding carboxylic acids is 1. The molecule has 1 fully saturated rings. The van der Waals surface area contributed by atoms with Gasteiger partial charge in [0, 0.05) is 30.9 Å². The lowest BCUT2D eigenvalue weighted by molar-refractivity contribution is 0.0703. The molecular formula is C13H21N3OS. The Labute approximate surface area is 112 Å². The number of rotatable bonds is 3. The average molecular weight is 267 g/mol. The minimum absolute atomic E-state index is 0.0383. The number of piperidine rings is 1. The van der Waals surface area contributed by atoms with Gasteiger partial charge in [-0.05, 0) is 18.8 Å². The van der Waals surface area contributed by atoms with Crippen LogP contribution in [0.4, 0.5) is 0 Å². The van der Waals surface area contributed by atoms with Crippen LogP contribution in [0.25, 0.3) is 0 Å². The van der Waals surface area contributed by atoms with E-state index in [2.05, 4.69) is 18.8 Å². The Morgan fingerprint density at radius 1 is 1.67 bits per heavy atom. The van der Waals surface area contributed by atoms with E-state index in [-0.39, 0.29) is 11.9 Å². The van der Waals surface area contributed by atoms with Gasteiger partial charge >= 0.3 is 0 Å². The van der Waals surface area contributed by atoms with E-state index in [0.717, 1.165) is 30.8 Å². The van der Waals surface area contributed by atoms with Gasteiger partial charge < -0.3 is 10.6 Å². The van der Waals surface area contributed by atoms with Crippen LogP contribution >= 0.6 is 11.3 Å². The van der Waals surface area contributed by atoms with Crippen molar-refractivity contribution in [3.8, 4) is 0 Å². The van der Waals surface area contributed by atoms with Gasteiger partial charge in [0.1, 0.15) is 5.69 Å². The molecule has 5 heteroatoms. The van der Waals surface area contributed by atoms with E-state index < -0.39 is 0 Å². The highest BCUT2D eigenvalue weighted by molar-refractivity contribution is 7.09. The number of hydrogen-bond acceptors (Lipinski definition) is 4. The molecule has 0 aliphatic carbocycles. The van der Waals surface area contributed by atoms with E-state index >= 15 is 0 Å². The van der Waals surface area contributed by atoms with Gasteiger partial charge in [-0.25, -0.2) is 4.98 Å². The summed E-state index contributed by atoms with van der Waals surface area (Å²) in [5, 5.41) is 2.93. The van der Waals surface area contributed by atoms with E-state index in [4.69, 9.17) is 5.73 Å². The second kappa shape index (κ2) is 5.80. The first kappa shape index (κ1) is 13.5. The van der Waals surface area contributed by atoms with Crippen molar-refractivity contribution in [3.05, 3.63) is 16.1 Å². The normalized spacial score (nSPS) is 20.4. The number of amides is 1. The molecule has 0 radical (unpaired) electrons. The quantitative estimate of drug-likeness (QED) is 0.910. The van der Waals surface area contributed by atoms with Crippen LogP contribution in [-0.4, -0.2) is 34.9 Å². The molecule has 1 aromatic rings. The molecule has 0 bridgehead atoms. The number of thiazole rings is 1. The van der Waals surface area contributed by atoms with Crippen LogP contribution in [0, 0.1) is 5.92 Å². The fourth-order valence-electron chi connectivity index (χ4n) is 2.21. The standard InChI is InChI=1S/C13H21N3OS/c1-9(2)6-12-15-11(8-18-12)13(17)16-5-3-4-10(14)7-16/h8-10H,3-7,14H2,1-2H3. The van der Waals surface area contributed by atoms with Crippen LogP contribution in [0.1, 0.15) is 42.2 Å². The summed E-state index contributed by atoms with van der Waals surface area (Å²) in [6, 6.07) is 0.122. The Kier molecular flexibility index (Phi) is 4.35.